The van der Waals surface area contributed by atoms with Gasteiger partial charge in [-0.25, -0.2) is 4.98 Å². The molecule has 0 aliphatic carbocycles. The van der Waals surface area contributed by atoms with Crippen LogP contribution in [0.25, 0.3) is 10.9 Å². The molecule has 0 fully saturated rings. The van der Waals surface area contributed by atoms with E-state index in [-0.39, 0.29) is 5.69 Å². The molecule has 1 amide bonds. The lowest BCUT2D eigenvalue weighted by molar-refractivity contribution is 0.0997. The zero-order valence-corrected chi connectivity index (χ0v) is 9.28. The number of amides is 1. The molecule has 5 heteroatoms. The van der Waals surface area contributed by atoms with Gasteiger partial charge < -0.3 is 11.5 Å². The number of pyridine rings is 1. The van der Waals surface area contributed by atoms with Gasteiger partial charge in [0.1, 0.15) is 0 Å². The van der Waals surface area contributed by atoms with Crippen LogP contribution >= 0.6 is 15.9 Å². The van der Waals surface area contributed by atoms with Crippen molar-refractivity contribution in [3.63, 3.8) is 0 Å². The number of primary amides is 1. The van der Waals surface area contributed by atoms with Gasteiger partial charge in [-0.2, -0.15) is 0 Å². The minimum atomic E-state index is -0.616. The van der Waals surface area contributed by atoms with Crippen LogP contribution < -0.4 is 11.5 Å². The number of hydrogen-bond donors (Lipinski definition) is 2. The average Bonchev–Trinajstić information content (AvgIpc) is 2.18. The van der Waals surface area contributed by atoms with Gasteiger partial charge in [0, 0.05) is 9.86 Å². The molecule has 0 saturated carbocycles. The van der Waals surface area contributed by atoms with Crippen LogP contribution in [0, 0.1) is 0 Å². The SMILES string of the molecule is NC(=O)c1nc2cccc(Br)c2cc1N. The number of fused-ring (bicyclic) bond motifs is 1. The molecule has 15 heavy (non-hydrogen) atoms. The number of aromatic nitrogens is 1. The third-order valence-electron chi connectivity index (χ3n) is 2.07. The van der Waals surface area contributed by atoms with Crippen molar-refractivity contribution in [1.82, 2.24) is 4.98 Å². The Hall–Kier alpha value is -1.62. The van der Waals surface area contributed by atoms with Crippen molar-refractivity contribution in [2.75, 3.05) is 5.73 Å². The standard InChI is InChI=1S/C10H8BrN3O/c11-6-2-1-3-8-5(6)4-7(12)9(14-8)10(13)15/h1-4H,12H2,(H2,13,15). The van der Waals surface area contributed by atoms with E-state index >= 15 is 0 Å². The zero-order chi connectivity index (χ0) is 11.0. The monoisotopic (exact) mass is 265 g/mol. The van der Waals surface area contributed by atoms with Gasteiger partial charge in [0.15, 0.2) is 5.69 Å². The van der Waals surface area contributed by atoms with Crippen LogP contribution in [0.3, 0.4) is 0 Å². The Morgan fingerprint density at radius 1 is 1.40 bits per heavy atom. The lowest BCUT2D eigenvalue weighted by Gasteiger charge is -2.04. The fourth-order valence-electron chi connectivity index (χ4n) is 1.37. The first kappa shape index (κ1) is 9.92. The molecule has 4 N–H and O–H groups in total. The highest BCUT2D eigenvalue weighted by Crippen LogP contribution is 2.25. The normalized spacial score (nSPS) is 10.5. The highest BCUT2D eigenvalue weighted by atomic mass is 79.9. The second kappa shape index (κ2) is 3.51. The van der Waals surface area contributed by atoms with E-state index in [4.69, 9.17) is 11.5 Å². The Morgan fingerprint density at radius 2 is 2.13 bits per heavy atom. The molecule has 4 nitrogen and oxygen atoms in total. The maximum atomic E-state index is 11.0. The molecular formula is C10H8BrN3O. The number of rotatable bonds is 1. The average molecular weight is 266 g/mol. The van der Waals surface area contributed by atoms with Crippen molar-refractivity contribution in [1.29, 1.82) is 0 Å². The van der Waals surface area contributed by atoms with E-state index < -0.39 is 5.91 Å². The molecule has 1 heterocycles. The van der Waals surface area contributed by atoms with E-state index in [0.29, 0.717) is 11.2 Å². The molecule has 0 aliphatic rings. The van der Waals surface area contributed by atoms with Crippen LogP contribution in [0.15, 0.2) is 28.7 Å². The maximum absolute atomic E-state index is 11.0. The number of halogens is 1. The van der Waals surface area contributed by atoms with Crippen LogP contribution in [0.1, 0.15) is 10.5 Å². The van der Waals surface area contributed by atoms with Crippen LogP contribution in [-0.2, 0) is 0 Å². The van der Waals surface area contributed by atoms with Gasteiger partial charge in [0.05, 0.1) is 11.2 Å². The highest BCUT2D eigenvalue weighted by molar-refractivity contribution is 9.10. The summed E-state index contributed by atoms with van der Waals surface area (Å²) in [5, 5.41) is 0.861. The summed E-state index contributed by atoms with van der Waals surface area (Å²) in [4.78, 5) is 15.1. The number of carbonyl (C=O) groups is 1. The summed E-state index contributed by atoms with van der Waals surface area (Å²) in [6.45, 7) is 0. The quantitative estimate of drug-likeness (QED) is 0.823. The minimum absolute atomic E-state index is 0.112. The smallest absolute Gasteiger partial charge is 0.269 e. The predicted octanol–water partition coefficient (Wildman–Crippen LogP) is 1.68. The number of nitrogens with two attached hydrogens (primary N) is 2. The van der Waals surface area contributed by atoms with Gasteiger partial charge in [-0.1, -0.05) is 22.0 Å². The Balaban J connectivity index is 2.82. The van der Waals surface area contributed by atoms with Crippen molar-refractivity contribution >= 4 is 38.4 Å². The Labute approximate surface area is 94.4 Å². The summed E-state index contributed by atoms with van der Waals surface area (Å²) in [5.41, 5.74) is 11.9. The summed E-state index contributed by atoms with van der Waals surface area (Å²) in [7, 11) is 0. The minimum Gasteiger partial charge on any atom is -0.397 e. The third-order valence-corrected chi connectivity index (χ3v) is 2.76. The second-order valence-corrected chi connectivity index (χ2v) is 3.95. The first-order valence-corrected chi connectivity index (χ1v) is 5.03. The Bertz CT molecular complexity index is 554. The molecule has 0 aliphatic heterocycles. The van der Waals surface area contributed by atoms with E-state index in [1.54, 1.807) is 12.1 Å². The van der Waals surface area contributed by atoms with Crippen molar-refractivity contribution in [2.45, 2.75) is 0 Å². The molecule has 2 aromatic rings. The Morgan fingerprint density at radius 3 is 2.80 bits per heavy atom. The summed E-state index contributed by atoms with van der Waals surface area (Å²) in [5.74, 6) is -0.616. The molecule has 0 spiro atoms. The highest BCUT2D eigenvalue weighted by Gasteiger charge is 2.10. The zero-order valence-electron chi connectivity index (χ0n) is 7.70. The fraction of sp³-hybridized carbons (Fsp3) is 0. The van der Waals surface area contributed by atoms with Gasteiger partial charge in [-0.05, 0) is 18.2 Å². The van der Waals surface area contributed by atoms with E-state index in [9.17, 15) is 4.79 Å². The molecule has 1 aromatic heterocycles. The molecule has 2 rings (SSSR count). The number of nitrogens with zero attached hydrogens (tertiary/aromatic N) is 1. The molecular weight excluding hydrogens is 258 g/mol. The third kappa shape index (κ3) is 1.66. The van der Waals surface area contributed by atoms with Gasteiger partial charge in [-0.3, -0.25) is 4.79 Å². The van der Waals surface area contributed by atoms with Gasteiger partial charge >= 0.3 is 0 Å². The first-order valence-electron chi connectivity index (χ1n) is 4.24. The first-order chi connectivity index (χ1) is 7.09. The molecule has 76 valence electrons. The summed E-state index contributed by atoms with van der Waals surface area (Å²) >= 11 is 3.38. The van der Waals surface area contributed by atoms with Crippen LogP contribution in [0.2, 0.25) is 0 Å². The van der Waals surface area contributed by atoms with Crippen molar-refractivity contribution in [3.05, 3.63) is 34.4 Å². The maximum Gasteiger partial charge on any atom is 0.269 e. The molecule has 0 unspecified atom stereocenters. The van der Waals surface area contributed by atoms with Crippen molar-refractivity contribution < 1.29 is 4.79 Å². The fourth-order valence-corrected chi connectivity index (χ4v) is 1.84. The van der Waals surface area contributed by atoms with Gasteiger partial charge in [0.25, 0.3) is 5.91 Å². The number of hydrogen-bond acceptors (Lipinski definition) is 3. The van der Waals surface area contributed by atoms with Crippen LogP contribution in [0.4, 0.5) is 5.69 Å². The van der Waals surface area contributed by atoms with Crippen LogP contribution in [0.5, 0.6) is 0 Å². The number of anilines is 1. The molecule has 0 saturated heterocycles. The van der Waals surface area contributed by atoms with Crippen molar-refractivity contribution in [2.24, 2.45) is 5.73 Å². The summed E-state index contributed by atoms with van der Waals surface area (Å²) < 4.78 is 0.884. The van der Waals surface area contributed by atoms with E-state index in [1.165, 1.54) is 0 Å². The van der Waals surface area contributed by atoms with Gasteiger partial charge in [-0.15, -0.1) is 0 Å². The van der Waals surface area contributed by atoms with E-state index in [2.05, 4.69) is 20.9 Å². The largest absolute Gasteiger partial charge is 0.397 e. The summed E-state index contributed by atoms with van der Waals surface area (Å²) in [6, 6.07) is 7.20. The number of benzene rings is 1. The van der Waals surface area contributed by atoms with E-state index in [1.807, 2.05) is 12.1 Å². The molecule has 1 aromatic carbocycles. The molecule has 0 atom stereocenters. The van der Waals surface area contributed by atoms with Gasteiger partial charge in [0.2, 0.25) is 0 Å². The van der Waals surface area contributed by atoms with E-state index in [0.717, 1.165) is 9.86 Å². The lowest BCUT2D eigenvalue weighted by Crippen LogP contribution is -2.15. The van der Waals surface area contributed by atoms with Crippen LogP contribution in [-0.4, -0.2) is 10.9 Å². The second-order valence-electron chi connectivity index (χ2n) is 3.10. The topological polar surface area (TPSA) is 82.0 Å². The predicted molar refractivity (Wildman–Crippen MR) is 62.4 cm³/mol. The number of nitrogen functional groups attached to an aromatic ring is 1. The molecule has 0 radical (unpaired) electrons. The number of carbonyl (C=O) groups excluding carboxylic acids is 1. The lowest BCUT2D eigenvalue weighted by atomic mass is 10.1. The Kier molecular flexibility index (Phi) is 2.32. The van der Waals surface area contributed by atoms with Crippen molar-refractivity contribution in [3.8, 4) is 0 Å². The summed E-state index contributed by atoms with van der Waals surface area (Å²) in [6.07, 6.45) is 0. The molecule has 0 bridgehead atoms.